The average Bonchev–Trinajstić information content (AvgIpc) is 2.39. The van der Waals surface area contributed by atoms with Gasteiger partial charge in [-0.15, -0.1) is 0 Å². The van der Waals surface area contributed by atoms with E-state index in [-0.39, 0.29) is 24.6 Å². The fourth-order valence-corrected chi connectivity index (χ4v) is 2.05. The van der Waals surface area contributed by atoms with Crippen LogP contribution in [0.4, 0.5) is 0 Å². The standard InChI is InChI=1S/C12H13ClN2O4/c13-8-1-2-10(14-6-8)12(18)15-3-4-19-7-9(15)5-11(16)17/h1-2,6,9H,3-5,7H2,(H,16,17). The molecule has 7 heteroatoms. The summed E-state index contributed by atoms with van der Waals surface area (Å²) < 4.78 is 5.22. The molecule has 1 aromatic heterocycles. The van der Waals surface area contributed by atoms with E-state index >= 15 is 0 Å². The van der Waals surface area contributed by atoms with Crippen LogP contribution in [-0.2, 0) is 9.53 Å². The Hall–Kier alpha value is -1.66. The first-order valence-corrected chi connectivity index (χ1v) is 6.18. The number of nitrogens with zero attached hydrogens (tertiary/aromatic N) is 2. The van der Waals surface area contributed by atoms with Crippen molar-refractivity contribution in [3.05, 3.63) is 29.0 Å². The lowest BCUT2D eigenvalue weighted by Gasteiger charge is -2.34. The summed E-state index contributed by atoms with van der Waals surface area (Å²) in [5.74, 6) is -1.26. The number of carboxylic acids is 1. The van der Waals surface area contributed by atoms with Crippen molar-refractivity contribution in [1.82, 2.24) is 9.88 Å². The molecule has 0 spiro atoms. The Labute approximate surface area is 114 Å². The zero-order chi connectivity index (χ0) is 13.8. The summed E-state index contributed by atoms with van der Waals surface area (Å²) in [4.78, 5) is 28.5. The molecule has 0 saturated carbocycles. The topological polar surface area (TPSA) is 79.7 Å². The van der Waals surface area contributed by atoms with Gasteiger partial charge >= 0.3 is 5.97 Å². The first-order valence-electron chi connectivity index (χ1n) is 5.80. The lowest BCUT2D eigenvalue weighted by molar-refractivity contribution is -0.139. The molecule has 1 N–H and O–H groups in total. The highest BCUT2D eigenvalue weighted by atomic mass is 35.5. The second-order valence-corrected chi connectivity index (χ2v) is 4.62. The SMILES string of the molecule is O=C(O)CC1COCCN1C(=O)c1ccc(Cl)cn1. The second kappa shape index (κ2) is 5.99. The summed E-state index contributed by atoms with van der Waals surface area (Å²) in [6, 6.07) is 2.64. The van der Waals surface area contributed by atoms with Crippen molar-refractivity contribution in [1.29, 1.82) is 0 Å². The number of ether oxygens (including phenoxy) is 1. The van der Waals surface area contributed by atoms with E-state index in [2.05, 4.69) is 4.98 Å². The monoisotopic (exact) mass is 284 g/mol. The maximum absolute atomic E-state index is 12.3. The zero-order valence-electron chi connectivity index (χ0n) is 10.1. The Kier molecular flexibility index (Phi) is 4.34. The van der Waals surface area contributed by atoms with Crippen LogP contribution in [0.15, 0.2) is 18.3 Å². The first-order chi connectivity index (χ1) is 9.08. The molecule has 1 atom stereocenters. The van der Waals surface area contributed by atoms with Gasteiger partial charge in [0.2, 0.25) is 0 Å². The van der Waals surface area contributed by atoms with Crippen molar-refractivity contribution in [2.45, 2.75) is 12.5 Å². The molecule has 6 nitrogen and oxygen atoms in total. The molecular weight excluding hydrogens is 272 g/mol. The molecule has 0 radical (unpaired) electrons. The van der Waals surface area contributed by atoms with E-state index < -0.39 is 12.0 Å². The Balaban J connectivity index is 2.15. The van der Waals surface area contributed by atoms with Crippen LogP contribution in [0.2, 0.25) is 5.02 Å². The normalized spacial score (nSPS) is 19.2. The molecule has 1 aromatic rings. The minimum atomic E-state index is -0.961. The van der Waals surface area contributed by atoms with Crippen LogP contribution in [0.3, 0.4) is 0 Å². The Bertz CT molecular complexity index is 477. The van der Waals surface area contributed by atoms with E-state index in [0.717, 1.165) is 0 Å². The van der Waals surface area contributed by atoms with E-state index in [9.17, 15) is 9.59 Å². The van der Waals surface area contributed by atoms with Gasteiger partial charge < -0.3 is 14.7 Å². The third-order valence-corrected chi connectivity index (χ3v) is 3.07. The van der Waals surface area contributed by atoms with Gasteiger partial charge in [-0.25, -0.2) is 4.98 Å². The molecule has 1 aliphatic heterocycles. The Morgan fingerprint density at radius 3 is 2.95 bits per heavy atom. The Morgan fingerprint density at radius 2 is 2.32 bits per heavy atom. The van der Waals surface area contributed by atoms with Crippen LogP contribution in [-0.4, -0.2) is 52.7 Å². The number of aromatic nitrogens is 1. The first kappa shape index (κ1) is 13.8. The van der Waals surface area contributed by atoms with Crippen molar-refractivity contribution in [3.8, 4) is 0 Å². The number of carboxylic acid groups (broad SMARTS) is 1. The second-order valence-electron chi connectivity index (χ2n) is 4.19. The molecule has 2 heterocycles. The predicted octanol–water partition coefficient (Wildman–Crippen LogP) is 1.05. The van der Waals surface area contributed by atoms with Crippen molar-refractivity contribution in [2.24, 2.45) is 0 Å². The number of morpholine rings is 1. The zero-order valence-corrected chi connectivity index (χ0v) is 10.8. The molecule has 0 aliphatic carbocycles. The van der Waals surface area contributed by atoms with Crippen molar-refractivity contribution in [2.75, 3.05) is 19.8 Å². The number of amides is 1. The Morgan fingerprint density at radius 1 is 1.53 bits per heavy atom. The number of carbonyl (C=O) groups is 2. The van der Waals surface area contributed by atoms with E-state index in [0.29, 0.717) is 18.2 Å². The molecule has 19 heavy (non-hydrogen) atoms. The van der Waals surface area contributed by atoms with Crippen LogP contribution in [0, 0.1) is 0 Å². The van der Waals surface area contributed by atoms with Crippen LogP contribution in [0.25, 0.3) is 0 Å². The number of rotatable bonds is 3. The van der Waals surface area contributed by atoms with Gasteiger partial charge in [0.1, 0.15) is 5.69 Å². The van der Waals surface area contributed by atoms with Gasteiger partial charge in [-0.05, 0) is 12.1 Å². The lowest BCUT2D eigenvalue weighted by atomic mass is 10.1. The summed E-state index contributed by atoms with van der Waals surface area (Å²) in [5, 5.41) is 9.29. The third kappa shape index (κ3) is 3.42. The largest absolute Gasteiger partial charge is 0.481 e. The van der Waals surface area contributed by atoms with Crippen LogP contribution < -0.4 is 0 Å². The number of pyridine rings is 1. The molecule has 1 unspecified atom stereocenters. The smallest absolute Gasteiger partial charge is 0.305 e. The number of carbonyl (C=O) groups excluding carboxylic acids is 1. The fourth-order valence-electron chi connectivity index (χ4n) is 1.94. The summed E-state index contributed by atoms with van der Waals surface area (Å²) in [6.07, 6.45) is 1.25. The van der Waals surface area contributed by atoms with Gasteiger partial charge in [-0.2, -0.15) is 0 Å². The predicted molar refractivity (Wildman–Crippen MR) is 67.1 cm³/mol. The van der Waals surface area contributed by atoms with E-state index in [4.69, 9.17) is 21.4 Å². The van der Waals surface area contributed by atoms with Crippen molar-refractivity contribution in [3.63, 3.8) is 0 Å². The molecule has 1 aliphatic rings. The van der Waals surface area contributed by atoms with Crippen LogP contribution >= 0.6 is 11.6 Å². The molecule has 1 saturated heterocycles. The lowest BCUT2D eigenvalue weighted by Crippen LogP contribution is -2.49. The van der Waals surface area contributed by atoms with E-state index in [1.807, 2.05) is 0 Å². The summed E-state index contributed by atoms with van der Waals surface area (Å²) in [6.45, 7) is 0.988. The minimum Gasteiger partial charge on any atom is -0.481 e. The fraction of sp³-hybridized carbons (Fsp3) is 0.417. The summed E-state index contributed by atoms with van der Waals surface area (Å²) in [5.41, 5.74) is 0.252. The molecular formula is C12H13ClN2O4. The molecule has 0 aromatic carbocycles. The van der Waals surface area contributed by atoms with Gasteiger partial charge in [-0.1, -0.05) is 11.6 Å². The summed E-state index contributed by atoms with van der Waals surface area (Å²) in [7, 11) is 0. The highest BCUT2D eigenvalue weighted by Crippen LogP contribution is 2.15. The number of hydrogen-bond acceptors (Lipinski definition) is 4. The third-order valence-electron chi connectivity index (χ3n) is 2.85. The van der Waals surface area contributed by atoms with Gasteiger partial charge in [0.05, 0.1) is 30.7 Å². The minimum absolute atomic E-state index is 0.140. The average molecular weight is 285 g/mol. The van der Waals surface area contributed by atoms with Gasteiger partial charge in [0.15, 0.2) is 0 Å². The highest BCUT2D eigenvalue weighted by Gasteiger charge is 2.30. The molecule has 1 amide bonds. The number of hydrogen-bond donors (Lipinski definition) is 1. The van der Waals surface area contributed by atoms with E-state index in [1.165, 1.54) is 17.2 Å². The van der Waals surface area contributed by atoms with E-state index in [1.54, 1.807) is 6.07 Å². The molecule has 1 fully saturated rings. The van der Waals surface area contributed by atoms with Gasteiger partial charge in [-0.3, -0.25) is 9.59 Å². The van der Waals surface area contributed by atoms with Gasteiger partial charge in [0.25, 0.3) is 5.91 Å². The van der Waals surface area contributed by atoms with Crippen LogP contribution in [0.1, 0.15) is 16.9 Å². The molecule has 102 valence electrons. The van der Waals surface area contributed by atoms with Crippen molar-refractivity contribution < 1.29 is 19.4 Å². The highest BCUT2D eigenvalue weighted by molar-refractivity contribution is 6.30. The molecule has 2 rings (SSSR count). The van der Waals surface area contributed by atoms with Crippen molar-refractivity contribution >= 4 is 23.5 Å². The number of aliphatic carboxylic acids is 1. The van der Waals surface area contributed by atoms with Crippen LogP contribution in [0.5, 0.6) is 0 Å². The molecule has 0 bridgehead atoms. The van der Waals surface area contributed by atoms with Gasteiger partial charge in [0, 0.05) is 12.7 Å². The number of halogens is 1. The maximum Gasteiger partial charge on any atom is 0.305 e. The summed E-state index contributed by atoms with van der Waals surface area (Å²) >= 11 is 5.71. The maximum atomic E-state index is 12.3. The quantitative estimate of drug-likeness (QED) is 0.897.